The van der Waals surface area contributed by atoms with Gasteiger partial charge < -0.3 is 5.11 Å². The average Bonchev–Trinajstić information content (AvgIpc) is 3.29. The second-order valence-electron chi connectivity index (χ2n) is 8.34. The van der Waals surface area contributed by atoms with Crippen LogP contribution in [0.15, 0.2) is 103 Å². The van der Waals surface area contributed by atoms with Crippen LogP contribution in [-0.4, -0.2) is 32.4 Å². The van der Waals surface area contributed by atoms with Crippen LogP contribution in [0.2, 0.25) is 0 Å². The Morgan fingerprint density at radius 2 is 1.56 bits per heavy atom. The van der Waals surface area contributed by atoms with Crippen molar-refractivity contribution in [1.29, 1.82) is 0 Å². The van der Waals surface area contributed by atoms with Crippen molar-refractivity contribution in [2.24, 2.45) is 0 Å². The topological polar surface area (TPSA) is 68.0 Å². The summed E-state index contributed by atoms with van der Waals surface area (Å²) in [6.07, 6.45) is 2.19. The molecular weight excluding hydrogens is 422 g/mol. The van der Waals surface area contributed by atoms with Crippen LogP contribution < -0.4 is 0 Å². The highest BCUT2D eigenvalue weighted by atomic mass is 16.3. The van der Waals surface area contributed by atoms with E-state index in [0.717, 1.165) is 44.5 Å². The maximum absolute atomic E-state index is 13.9. The van der Waals surface area contributed by atoms with Crippen molar-refractivity contribution in [3.63, 3.8) is 0 Å². The van der Waals surface area contributed by atoms with Gasteiger partial charge in [0, 0.05) is 29.1 Å². The normalized spacial score (nSPS) is 13.4. The van der Waals surface area contributed by atoms with Gasteiger partial charge in [0.2, 0.25) is 0 Å². The zero-order valence-corrected chi connectivity index (χ0v) is 18.3. The van der Waals surface area contributed by atoms with E-state index in [-0.39, 0.29) is 12.5 Å². The van der Waals surface area contributed by atoms with E-state index in [0.29, 0.717) is 17.6 Å². The Hall–Kier alpha value is -4.35. The Kier molecular flexibility index (Phi) is 4.90. The monoisotopic (exact) mass is 443 g/mol. The van der Waals surface area contributed by atoms with Gasteiger partial charge >= 0.3 is 0 Å². The number of rotatable bonds is 4. The Bertz CT molecular complexity index is 1570. The summed E-state index contributed by atoms with van der Waals surface area (Å²) < 4.78 is 1.52. The zero-order chi connectivity index (χ0) is 23.1. The highest BCUT2D eigenvalue weighted by molar-refractivity contribution is 6.23. The number of allylic oxidation sites excluding steroid dienone is 1. The molecule has 0 unspecified atom stereocenters. The van der Waals surface area contributed by atoms with E-state index in [9.17, 15) is 9.90 Å². The second kappa shape index (κ2) is 8.21. The number of pyridine rings is 1. The molecule has 0 bridgehead atoms. The summed E-state index contributed by atoms with van der Waals surface area (Å²) in [5.74, 6) is -0.229. The molecule has 3 heterocycles. The largest absolute Gasteiger partial charge is 0.392 e. The predicted octanol–water partition coefficient (Wildman–Crippen LogP) is 5.41. The van der Waals surface area contributed by atoms with Crippen molar-refractivity contribution >= 4 is 22.4 Å². The number of hydrogen-bond donors (Lipinski definition) is 1. The molecule has 0 radical (unpaired) electrons. The highest BCUT2D eigenvalue weighted by Crippen LogP contribution is 2.39. The number of carbonyl (C=O) groups excluding carboxylic acids is 1. The van der Waals surface area contributed by atoms with Crippen LogP contribution in [0.4, 0.5) is 0 Å². The molecule has 0 saturated carbocycles. The molecule has 34 heavy (non-hydrogen) atoms. The number of benzene rings is 3. The fourth-order valence-corrected chi connectivity index (χ4v) is 4.73. The van der Waals surface area contributed by atoms with E-state index in [1.807, 2.05) is 91.0 Å². The van der Waals surface area contributed by atoms with Crippen LogP contribution in [-0.2, 0) is 6.42 Å². The molecule has 0 fully saturated rings. The minimum atomic E-state index is -0.229. The lowest BCUT2D eigenvalue weighted by Gasteiger charge is -2.21. The lowest BCUT2D eigenvalue weighted by Crippen LogP contribution is -2.25. The molecule has 3 aromatic carbocycles. The number of aromatic nitrogens is 3. The van der Waals surface area contributed by atoms with Gasteiger partial charge in [0.1, 0.15) is 5.69 Å². The SMILES string of the molecule is O=C1C(c2ccc3ncccc3c2)=C(CO)Cc2c(-c3ccccc3)c(-c3ccccc3)nn21. The van der Waals surface area contributed by atoms with Crippen molar-refractivity contribution in [3.05, 3.63) is 114 Å². The molecule has 5 heteroatoms. The summed E-state index contributed by atoms with van der Waals surface area (Å²) >= 11 is 0. The van der Waals surface area contributed by atoms with Crippen LogP contribution in [0.5, 0.6) is 0 Å². The Morgan fingerprint density at radius 1 is 0.824 bits per heavy atom. The first kappa shape index (κ1) is 20.3. The Balaban J connectivity index is 1.56. The van der Waals surface area contributed by atoms with Crippen molar-refractivity contribution < 1.29 is 9.90 Å². The summed E-state index contributed by atoms with van der Waals surface area (Å²) in [5, 5.41) is 16.1. The molecule has 1 aliphatic rings. The molecule has 6 rings (SSSR count). The molecule has 164 valence electrons. The van der Waals surface area contributed by atoms with Gasteiger partial charge in [-0.15, -0.1) is 0 Å². The quantitative estimate of drug-likeness (QED) is 0.403. The molecule has 5 nitrogen and oxygen atoms in total. The van der Waals surface area contributed by atoms with Crippen molar-refractivity contribution in [3.8, 4) is 22.4 Å². The summed E-state index contributed by atoms with van der Waals surface area (Å²) in [4.78, 5) is 18.2. The van der Waals surface area contributed by atoms with Gasteiger partial charge in [0.05, 0.1) is 23.4 Å². The van der Waals surface area contributed by atoms with Gasteiger partial charge in [0.25, 0.3) is 5.91 Å². The van der Waals surface area contributed by atoms with Crippen molar-refractivity contribution in [2.75, 3.05) is 6.61 Å². The maximum Gasteiger partial charge on any atom is 0.279 e. The molecule has 0 atom stereocenters. The number of fused-ring (bicyclic) bond motifs is 2. The minimum Gasteiger partial charge on any atom is -0.392 e. The third-order valence-corrected chi connectivity index (χ3v) is 6.31. The van der Waals surface area contributed by atoms with Crippen LogP contribution in [0.3, 0.4) is 0 Å². The minimum absolute atomic E-state index is 0.202. The van der Waals surface area contributed by atoms with Crippen LogP contribution in [0, 0.1) is 0 Å². The Morgan fingerprint density at radius 3 is 2.29 bits per heavy atom. The smallest absolute Gasteiger partial charge is 0.279 e. The van der Waals surface area contributed by atoms with Crippen LogP contribution in [0.1, 0.15) is 16.1 Å². The van der Waals surface area contributed by atoms with E-state index in [1.165, 1.54) is 4.68 Å². The third kappa shape index (κ3) is 3.26. The summed E-state index contributed by atoms with van der Waals surface area (Å²) in [6.45, 7) is -0.202. The van der Waals surface area contributed by atoms with Gasteiger partial charge in [-0.1, -0.05) is 72.8 Å². The first-order valence-electron chi connectivity index (χ1n) is 11.2. The van der Waals surface area contributed by atoms with E-state index in [1.54, 1.807) is 6.20 Å². The first-order chi connectivity index (χ1) is 16.7. The van der Waals surface area contributed by atoms with Crippen LogP contribution in [0.25, 0.3) is 38.9 Å². The predicted molar refractivity (Wildman–Crippen MR) is 133 cm³/mol. The molecule has 1 aliphatic heterocycles. The number of hydrogen-bond acceptors (Lipinski definition) is 4. The van der Waals surface area contributed by atoms with Crippen LogP contribution >= 0.6 is 0 Å². The van der Waals surface area contributed by atoms with Gasteiger partial charge in [-0.25, -0.2) is 0 Å². The molecule has 0 saturated heterocycles. The first-order valence-corrected chi connectivity index (χ1v) is 11.2. The lowest BCUT2D eigenvalue weighted by molar-refractivity contribution is 0.0956. The van der Waals surface area contributed by atoms with E-state index >= 15 is 0 Å². The standard InChI is InChI=1S/C29H21N3O2/c33-18-23-17-25-27(19-8-3-1-4-9-19)28(20-10-5-2-6-11-20)31-32(25)29(34)26(23)22-13-14-24-21(16-22)12-7-15-30-24/h1-16,33H,17-18H2. The van der Waals surface area contributed by atoms with E-state index < -0.39 is 0 Å². The number of aliphatic hydroxyl groups is 1. The Labute approximate surface area is 196 Å². The maximum atomic E-state index is 13.9. The van der Waals surface area contributed by atoms with E-state index in [2.05, 4.69) is 4.98 Å². The zero-order valence-electron chi connectivity index (χ0n) is 18.3. The van der Waals surface area contributed by atoms with Gasteiger partial charge in [-0.2, -0.15) is 9.78 Å². The number of aliphatic hydroxyl groups excluding tert-OH is 1. The fraction of sp³-hybridized carbons (Fsp3) is 0.0690. The molecule has 2 aromatic heterocycles. The molecule has 5 aromatic rings. The number of carbonyl (C=O) groups is 1. The molecule has 0 spiro atoms. The lowest BCUT2D eigenvalue weighted by atomic mass is 9.89. The molecule has 0 aliphatic carbocycles. The molecule has 0 amide bonds. The number of nitrogens with zero attached hydrogens (tertiary/aromatic N) is 3. The van der Waals surface area contributed by atoms with Crippen molar-refractivity contribution in [2.45, 2.75) is 6.42 Å². The molecule has 1 N–H and O–H groups in total. The summed E-state index contributed by atoms with van der Waals surface area (Å²) in [5.41, 5.74) is 7.23. The van der Waals surface area contributed by atoms with Gasteiger partial charge in [-0.3, -0.25) is 9.78 Å². The molecular formula is C29H21N3O2. The summed E-state index contributed by atoms with van der Waals surface area (Å²) in [6, 6.07) is 29.5. The van der Waals surface area contributed by atoms with E-state index in [4.69, 9.17) is 5.10 Å². The van der Waals surface area contributed by atoms with Gasteiger partial charge in [-0.05, 0) is 34.9 Å². The summed E-state index contributed by atoms with van der Waals surface area (Å²) in [7, 11) is 0. The second-order valence-corrected chi connectivity index (χ2v) is 8.34. The van der Waals surface area contributed by atoms with Gasteiger partial charge in [0.15, 0.2) is 0 Å². The average molecular weight is 444 g/mol. The van der Waals surface area contributed by atoms with Crippen molar-refractivity contribution in [1.82, 2.24) is 14.8 Å². The highest BCUT2D eigenvalue weighted by Gasteiger charge is 2.32. The fourth-order valence-electron chi connectivity index (χ4n) is 4.73. The third-order valence-electron chi connectivity index (χ3n) is 6.31.